The van der Waals surface area contributed by atoms with Crippen molar-refractivity contribution in [3.05, 3.63) is 12.4 Å². The monoisotopic (exact) mass is 195 g/mol. The fourth-order valence-electron chi connectivity index (χ4n) is 1.00. The summed E-state index contributed by atoms with van der Waals surface area (Å²) in [6.45, 7) is 1.78. The van der Waals surface area contributed by atoms with Crippen LogP contribution in [0.15, 0.2) is 12.4 Å². The summed E-state index contributed by atoms with van der Waals surface area (Å²) in [4.78, 5) is 10.2. The molecule has 0 spiro atoms. The van der Waals surface area contributed by atoms with E-state index in [-0.39, 0.29) is 0 Å². The second-order valence-corrected chi connectivity index (χ2v) is 3.19. The molecule has 1 aromatic heterocycles. The third kappa shape index (κ3) is 3.18. The Morgan fingerprint density at radius 2 is 2.07 bits per heavy atom. The smallest absolute Gasteiger partial charge is 0.133 e. The summed E-state index contributed by atoms with van der Waals surface area (Å²) >= 11 is 0. The van der Waals surface area contributed by atoms with Crippen LogP contribution in [-0.2, 0) is 0 Å². The van der Waals surface area contributed by atoms with Gasteiger partial charge in [-0.3, -0.25) is 0 Å². The zero-order valence-electron chi connectivity index (χ0n) is 8.91. The summed E-state index contributed by atoms with van der Waals surface area (Å²) in [5, 5.41) is 6.26. The topological polar surface area (TPSA) is 53.1 Å². The first-order chi connectivity index (χ1) is 6.74. The maximum atomic E-state index is 4.13. The lowest BCUT2D eigenvalue weighted by molar-refractivity contribution is 0.820. The minimum Gasteiger partial charge on any atom is -0.369 e. The number of nitrogens with one attached hydrogen (secondary N) is 2. The maximum Gasteiger partial charge on any atom is 0.133 e. The van der Waals surface area contributed by atoms with Crippen LogP contribution in [-0.4, -0.2) is 44.2 Å². The van der Waals surface area contributed by atoms with Crippen LogP contribution in [0.25, 0.3) is 0 Å². The Bertz CT molecular complexity index is 274. The lowest BCUT2D eigenvalue weighted by Crippen LogP contribution is -2.18. The average Bonchev–Trinajstić information content (AvgIpc) is 2.19. The van der Waals surface area contributed by atoms with E-state index in [9.17, 15) is 0 Å². The molecule has 2 N–H and O–H groups in total. The molecule has 5 nitrogen and oxygen atoms in total. The van der Waals surface area contributed by atoms with Gasteiger partial charge in [0.1, 0.15) is 18.0 Å². The fourth-order valence-corrected chi connectivity index (χ4v) is 1.00. The predicted molar refractivity (Wildman–Crippen MR) is 58.8 cm³/mol. The zero-order chi connectivity index (χ0) is 10.4. The maximum absolute atomic E-state index is 4.13. The first-order valence-electron chi connectivity index (χ1n) is 4.62. The van der Waals surface area contributed by atoms with Crippen LogP contribution in [0.3, 0.4) is 0 Å². The molecule has 0 aliphatic heterocycles. The third-order valence-corrected chi connectivity index (χ3v) is 1.79. The summed E-state index contributed by atoms with van der Waals surface area (Å²) < 4.78 is 0. The van der Waals surface area contributed by atoms with E-state index < -0.39 is 0 Å². The highest BCUT2D eigenvalue weighted by Gasteiger charge is 1.98. The third-order valence-electron chi connectivity index (χ3n) is 1.79. The number of nitrogens with zero attached hydrogens (tertiary/aromatic N) is 3. The molecular weight excluding hydrogens is 178 g/mol. The van der Waals surface area contributed by atoms with Crippen LogP contribution >= 0.6 is 0 Å². The van der Waals surface area contributed by atoms with Gasteiger partial charge in [-0.05, 0) is 7.05 Å². The van der Waals surface area contributed by atoms with E-state index in [0.29, 0.717) is 0 Å². The van der Waals surface area contributed by atoms with Gasteiger partial charge < -0.3 is 15.5 Å². The largest absolute Gasteiger partial charge is 0.369 e. The minimum absolute atomic E-state index is 0.860. The van der Waals surface area contributed by atoms with Crippen molar-refractivity contribution in [3.63, 3.8) is 0 Å². The summed E-state index contributed by atoms with van der Waals surface area (Å²) in [6, 6.07) is 1.93. The second kappa shape index (κ2) is 5.39. The van der Waals surface area contributed by atoms with E-state index in [1.54, 1.807) is 6.33 Å². The lowest BCUT2D eigenvalue weighted by Gasteiger charge is -2.12. The number of likely N-dealkylation sites (N-methyl/N-ethyl adjacent to an activating group) is 1. The van der Waals surface area contributed by atoms with E-state index in [1.165, 1.54) is 0 Å². The molecule has 0 saturated heterocycles. The Hall–Kier alpha value is -1.36. The van der Waals surface area contributed by atoms with Crippen molar-refractivity contribution in [2.24, 2.45) is 0 Å². The molecule has 0 unspecified atom stereocenters. The van der Waals surface area contributed by atoms with Gasteiger partial charge in [0.05, 0.1) is 0 Å². The summed E-state index contributed by atoms with van der Waals surface area (Å²) in [6.07, 6.45) is 1.57. The van der Waals surface area contributed by atoms with Gasteiger partial charge in [0, 0.05) is 33.3 Å². The molecule has 0 aliphatic rings. The quantitative estimate of drug-likeness (QED) is 0.656. The normalized spacial score (nSPS) is 9.93. The Morgan fingerprint density at radius 1 is 1.29 bits per heavy atom. The van der Waals surface area contributed by atoms with Crippen molar-refractivity contribution in [3.8, 4) is 0 Å². The number of hydrogen-bond acceptors (Lipinski definition) is 5. The number of aromatic nitrogens is 2. The van der Waals surface area contributed by atoms with Gasteiger partial charge >= 0.3 is 0 Å². The van der Waals surface area contributed by atoms with Gasteiger partial charge in [0.15, 0.2) is 0 Å². The fraction of sp³-hybridized carbons (Fsp3) is 0.556. The average molecular weight is 195 g/mol. The highest BCUT2D eigenvalue weighted by molar-refractivity contribution is 5.47. The predicted octanol–water partition coefficient (Wildman–Crippen LogP) is 0.174. The van der Waals surface area contributed by atoms with Crippen LogP contribution in [0.5, 0.6) is 0 Å². The molecule has 1 aromatic rings. The molecule has 0 radical (unpaired) electrons. The molecule has 1 heterocycles. The van der Waals surface area contributed by atoms with Crippen LogP contribution < -0.4 is 15.5 Å². The molecule has 0 amide bonds. The molecule has 0 saturated carbocycles. The van der Waals surface area contributed by atoms with Crippen molar-refractivity contribution in [2.75, 3.05) is 44.4 Å². The van der Waals surface area contributed by atoms with E-state index in [1.807, 2.05) is 32.1 Å². The highest BCUT2D eigenvalue weighted by atomic mass is 15.2. The molecular formula is C9H17N5. The molecule has 0 atom stereocenters. The lowest BCUT2D eigenvalue weighted by atomic mass is 10.5. The minimum atomic E-state index is 0.860. The van der Waals surface area contributed by atoms with Crippen molar-refractivity contribution in [1.29, 1.82) is 0 Å². The van der Waals surface area contributed by atoms with E-state index >= 15 is 0 Å². The Labute approximate surface area is 84.6 Å². The number of rotatable bonds is 5. The summed E-state index contributed by atoms with van der Waals surface area (Å²) in [5.74, 6) is 1.77. The second-order valence-electron chi connectivity index (χ2n) is 3.19. The van der Waals surface area contributed by atoms with Crippen LogP contribution in [0.2, 0.25) is 0 Å². The van der Waals surface area contributed by atoms with E-state index in [0.717, 1.165) is 24.7 Å². The van der Waals surface area contributed by atoms with Gasteiger partial charge in [-0.15, -0.1) is 0 Å². The highest BCUT2D eigenvalue weighted by Crippen LogP contribution is 2.10. The van der Waals surface area contributed by atoms with Crippen LogP contribution in [0.4, 0.5) is 11.6 Å². The van der Waals surface area contributed by atoms with Crippen molar-refractivity contribution in [2.45, 2.75) is 0 Å². The molecule has 78 valence electrons. The molecule has 5 heteroatoms. The molecule has 0 aliphatic carbocycles. The van der Waals surface area contributed by atoms with Gasteiger partial charge in [0.25, 0.3) is 0 Å². The standard InChI is InChI=1S/C9H17N5/c1-10-4-5-11-8-6-9(14(2)3)13-7-12-8/h6-7,10H,4-5H2,1-3H3,(H,11,12,13). The van der Waals surface area contributed by atoms with Crippen molar-refractivity contribution >= 4 is 11.6 Å². The van der Waals surface area contributed by atoms with Crippen molar-refractivity contribution in [1.82, 2.24) is 15.3 Å². The van der Waals surface area contributed by atoms with E-state index in [4.69, 9.17) is 0 Å². The Balaban J connectivity index is 2.55. The summed E-state index contributed by atoms with van der Waals surface area (Å²) in [5.41, 5.74) is 0. The van der Waals surface area contributed by atoms with Gasteiger partial charge in [-0.1, -0.05) is 0 Å². The Kier molecular flexibility index (Phi) is 4.12. The molecule has 0 bridgehead atoms. The zero-order valence-corrected chi connectivity index (χ0v) is 8.91. The van der Waals surface area contributed by atoms with Gasteiger partial charge in [-0.2, -0.15) is 0 Å². The number of hydrogen-bond donors (Lipinski definition) is 2. The molecule has 14 heavy (non-hydrogen) atoms. The molecule has 0 fully saturated rings. The van der Waals surface area contributed by atoms with Crippen LogP contribution in [0.1, 0.15) is 0 Å². The molecule has 1 rings (SSSR count). The first kappa shape index (κ1) is 10.7. The van der Waals surface area contributed by atoms with E-state index in [2.05, 4.69) is 20.6 Å². The van der Waals surface area contributed by atoms with Gasteiger partial charge in [0.2, 0.25) is 0 Å². The SMILES string of the molecule is CNCCNc1cc(N(C)C)ncn1. The number of anilines is 2. The summed E-state index contributed by atoms with van der Waals surface area (Å²) in [7, 11) is 5.84. The van der Waals surface area contributed by atoms with Crippen LogP contribution in [0, 0.1) is 0 Å². The van der Waals surface area contributed by atoms with Gasteiger partial charge in [-0.25, -0.2) is 9.97 Å². The molecule has 0 aromatic carbocycles. The first-order valence-corrected chi connectivity index (χ1v) is 4.62. The van der Waals surface area contributed by atoms with Crippen molar-refractivity contribution < 1.29 is 0 Å². The Morgan fingerprint density at radius 3 is 2.71 bits per heavy atom.